The lowest BCUT2D eigenvalue weighted by molar-refractivity contribution is -0.114. The molecule has 1 atom stereocenters. The number of para-hydroxylation sites is 2. The van der Waals surface area contributed by atoms with Crippen molar-refractivity contribution in [3.8, 4) is 0 Å². The van der Waals surface area contributed by atoms with Gasteiger partial charge in [-0.15, -0.1) is 0 Å². The van der Waals surface area contributed by atoms with Crippen LogP contribution in [0.5, 0.6) is 0 Å². The first kappa shape index (κ1) is 26.9. The molecule has 0 aromatic heterocycles. The summed E-state index contributed by atoms with van der Waals surface area (Å²) in [6.45, 7) is 1.36. The lowest BCUT2D eigenvalue weighted by Crippen LogP contribution is -2.38. The van der Waals surface area contributed by atoms with Crippen LogP contribution in [0.2, 0.25) is 5.02 Å². The molecule has 38 heavy (non-hydrogen) atoms. The van der Waals surface area contributed by atoms with Gasteiger partial charge in [-0.05, 0) is 61.0 Å². The molecule has 0 aliphatic heterocycles. The second-order valence-corrected chi connectivity index (χ2v) is 10.8. The van der Waals surface area contributed by atoms with Crippen molar-refractivity contribution in [2.75, 3.05) is 16.2 Å². The Hall–Kier alpha value is -4.14. The highest BCUT2D eigenvalue weighted by molar-refractivity contribution is 7.92. The third-order valence-corrected chi connectivity index (χ3v) is 7.87. The summed E-state index contributed by atoms with van der Waals surface area (Å²) in [5.74, 6) is -0.978. The van der Waals surface area contributed by atoms with Crippen molar-refractivity contribution in [3.05, 3.63) is 125 Å². The molecule has 0 saturated heterocycles. The molecule has 0 fully saturated rings. The molecule has 0 saturated carbocycles. The fraction of sp³-hybridized carbons (Fsp3) is 0.103. The highest BCUT2D eigenvalue weighted by atomic mass is 35.5. The molecule has 0 aliphatic rings. The van der Waals surface area contributed by atoms with Crippen LogP contribution in [0, 0.1) is 0 Å². The Bertz CT molecular complexity index is 1510. The average molecular weight is 548 g/mol. The molecule has 4 aromatic carbocycles. The molecule has 2 amide bonds. The topological polar surface area (TPSA) is 95.6 Å². The highest BCUT2D eigenvalue weighted by Crippen LogP contribution is 2.25. The van der Waals surface area contributed by atoms with E-state index in [2.05, 4.69) is 10.6 Å². The molecule has 0 spiro atoms. The van der Waals surface area contributed by atoms with E-state index in [-0.39, 0.29) is 28.1 Å². The zero-order chi connectivity index (χ0) is 27.1. The van der Waals surface area contributed by atoms with Gasteiger partial charge in [-0.1, -0.05) is 72.3 Å². The number of anilines is 2. The fourth-order valence-electron chi connectivity index (χ4n) is 3.85. The van der Waals surface area contributed by atoms with Gasteiger partial charge in [-0.25, -0.2) is 8.42 Å². The van der Waals surface area contributed by atoms with E-state index < -0.39 is 22.5 Å². The van der Waals surface area contributed by atoms with Gasteiger partial charge in [0.15, 0.2) is 0 Å². The predicted octanol–water partition coefficient (Wildman–Crippen LogP) is 5.67. The fourth-order valence-corrected chi connectivity index (χ4v) is 5.40. The third-order valence-electron chi connectivity index (χ3n) is 5.83. The molecule has 7 nitrogen and oxygen atoms in total. The zero-order valence-electron chi connectivity index (χ0n) is 20.5. The van der Waals surface area contributed by atoms with Gasteiger partial charge in [0.05, 0.1) is 27.9 Å². The minimum absolute atomic E-state index is 0.00627. The third kappa shape index (κ3) is 6.40. The Morgan fingerprint density at radius 3 is 2.05 bits per heavy atom. The van der Waals surface area contributed by atoms with Crippen LogP contribution in [-0.4, -0.2) is 26.8 Å². The van der Waals surface area contributed by atoms with Crippen LogP contribution in [0.4, 0.5) is 11.4 Å². The first-order chi connectivity index (χ1) is 18.3. The molecule has 0 bridgehead atoms. The number of nitrogens with zero attached hydrogens (tertiary/aromatic N) is 1. The van der Waals surface area contributed by atoms with Gasteiger partial charge in [0.25, 0.3) is 15.9 Å². The van der Waals surface area contributed by atoms with Crippen LogP contribution in [-0.2, 0) is 14.8 Å². The molecule has 1 unspecified atom stereocenters. The number of halogens is 1. The standard InChI is InChI=1S/C29H26ClN3O4S/c1-21(22-10-4-2-5-11-22)31-29(35)26-14-8-9-15-27(26)32-28(34)20-33(24-12-6-3-7-13-24)38(36,37)25-18-16-23(30)17-19-25/h2-19,21H,20H2,1H3,(H,31,35)(H,32,34). The van der Waals surface area contributed by atoms with Gasteiger partial charge < -0.3 is 10.6 Å². The summed E-state index contributed by atoms with van der Waals surface area (Å²) in [4.78, 5) is 26.2. The van der Waals surface area contributed by atoms with Gasteiger partial charge in [-0.3, -0.25) is 13.9 Å². The summed E-state index contributed by atoms with van der Waals surface area (Å²) in [6.07, 6.45) is 0. The smallest absolute Gasteiger partial charge is 0.264 e. The molecule has 0 radical (unpaired) electrons. The largest absolute Gasteiger partial charge is 0.345 e. The second-order valence-electron chi connectivity index (χ2n) is 8.50. The van der Waals surface area contributed by atoms with Crippen molar-refractivity contribution in [2.45, 2.75) is 17.9 Å². The van der Waals surface area contributed by atoms with E-state index in [1.165, 1.54) is 24.3 Å². The number of hydrogen-bond acceptors (Lipinski definition) is 4. The number of rotatable bonds is 9. The number of amides is 2. The molecule has 4 rings (SSSR count). The Kier molecular flexibility index (Phi) is 8.45. The molecule has 9 heteroatoms. The Balaban J connectivity index is 1.56. The quantitative estimate of drug-likeness (QED) is 0.282. The predicted molar refractivity (Wildman–Crippen MR) is 150 cm³/mol. The van der Waals surface area contributed by atoms with E-state index in [0.717, 1.165) is 9.87 Å². The first-order valence-electron chi connectivity index (χ1n) is 11.8. The van der Waals surface area contributed by atoms with Crippen molar-refractivity contribution in [1.82, 2.24) is 5.32 Å². The van der Waals surface area contributed by atoms with Crippen molar-refractivity contribution in [1.29, 1.82) is 0 Å². The summed E-state index contributed by atoms with van der Waals surface area (Å²) in [5, 5.41) is 6.04. The van der Waals surface area contributed by atoms with Crippen molar-refractivity contribution >= 4 is 44.8 Å². The number of sulfonamides is 1. The zero-order valence-corrected chi connectivity index (χ0v) is 22.1. The summed E-state index contributed by atoms with van der Waals surface area (Å²) >= 11 is 5.93. The summed E-state index contributed by atoms with van der Waals surface area (Å²) < 4.78 is 28.0. The first-order valence-corrected chi connectivity index (χ1v) is 13.7. The van der Waals surface area contributed by atoms with Crippen LogP contribution in [0.1, 0.15) is 28.9 Å². The van der Waals surface area contributed by atoms with Crippen molar-refractivity contribution in [2.24, 2.45) is 0 Å². The number of nitrogens with one attached hydrogen (secondary N) is 2. The minimum atomic E-state index is -4.10. The Morgan fingerprint density at radius 1 is 0.816 bits per heavy atom. The van der Waals surface area contributed by atoms with Gasteiger partial charge >= 0.3 is 0 Å². The minimum Gasteiger partial charge on any atom is -0.345 e. The highest BCUT2D eigenvalue weighted by Gasteiger charge is 2.27. The molecule has 2 N–H and O–H groups in total. The van der Waals surface area contributed by atoms with Crippen LogP contribution >= 0.6 is 11.6 Å². The summed E-state index contributed by atoms with van der Waals surface area (Å²) in [7, 11) is -4.10. The van der Waals surface area contributed by atoms with Gasteiger partial charge in [0, 0.05) is 5.02 Å². The molecule has 0 aliphatic carbocycles. The van der Waals surface area contributed by atoms with Gasteiger partial charge in [0.1, 0.15) is 6.54 Å². The number of carbonyl (C=O) groups is 2. The SMILES string of the molecule is CC(NC(=O)c1ccccc1NC(=O)CN(c1ccccc1)S(=O)(=O)c1ccc(Cl)cc1)c1ccccc1. The maximum absolute atomic E-state index is 13.5. The summed E-state index contributed by atoms with van der Waals surface area (Å²) in [5.41, 5.74) is 1.79. The number of carbonyl (C=O) groups excluding carboxylic acids is 2. The van der Waals surface area contributed by atoms with E-state index in [4.69, 9.17) is 11.6 Å². The van der Waals surface area contributed by atoms with Crippen molar-refractivity contribution in [3.63, 3.8) is 0 Å². The van der Waals surface area contributed by atoms with E-state index >= 15 is 0 Å². The molecular formula is C29H26ClN3O4S. The van der Waals surface area contributed by atoms with Crippen LogP contribution < -0.4 is 14.9 Å². The second kappa shape index (κ2) is 11.9. The van der Waals surface area contributed by atoms with Crippen LogP contribution in [0.15, 0.2) is 114 Å². The van der Waals surface area contributed by atoms with Gasteiger partial charge in [-0.2, -0.15) is 0 Å². The lowest BCUT2D eigenvalue weighted by Gasteiger charge is -2.24. The van der Waals surface area contributed by atoms with Gasteiger partial charge in [0.2, 0.25) is 5.91 Å². The maximum atomic E-state index is 13.5. The normalized spacial score (nSPS) is 11.8. The lowest BCUT2D eigenvalue weighted by atomic mass is 10.1. The Labute approximate surface area is 227 Å². The molecule has 4 aromatic rings. The number of benzene rings is 4. The maximum Gasteiger partial charge on any atom is 0.264 e. The van der Waals surface area contributed by atoms with E-state index in [9.17, 15) is 18.0 Å². The van der Waals surface area contributed by atoms with Crippen molar-refractivity contribution < 1.29 is 18.0 Å². The molecular weight excluding hydrogens is 522 g/mol. The van der Waals surface area contributed by atoms with E-state index in [0.29, 0.717) is 10.7 Å². The van der Waals surface area contributed by atoms with E-state index in [1.807, 2.05) is 37.3 Å². The van der Waals surface area contributed by atoms with E-state index in [1.54, 1.807) is 54.6 Å². The average Bonchev–Trinajstić information content (AvgIpc) is 2.93. The Morgan fingerprint density at radius 2 is 1.39 bits per heavy atom. The molecule has 0 heterocycles. The number of hydrogen-bond donors (Lipinski definition) is 2. The van der Waals surface area contributed by atoms with Crippen LogP contribution in [0.25, 0.3) is 0 Å². The van der Waals surface area contributed by atoms with Crippen LogP contribution in [0.3, 0.4) is 0 Å². The monoisotopic (exact) mass is 547 g/mol. The molecule has 194 valence electrons. The summed E-state index contributed by atoms with van der Waals surface area (Å²) in [6, 6.07) is 29.9.